The first kappa shape index (κ1) is 10.6. The predicted molar refractivity (Wildman–Crippen MR) is 63.2 cm³/mol. The lowest BCUT2D eigenvalue weighted by Crippen LogP contribution is -2.00. The van der Waals surface area contributed by atoms with Crippen molar-refractivity contribution in [1.29, 1.82) is 0 Å². The quantitative estimate of drug-likeness (QED) is 0.856. The van der Waals surface area contributed by atoms with Crippen LogP contribution in [0.1, 0.15) is 11.4 Å². The first-order valence-corrected chi connectivity index (χ1v) is 5.63. The Morgan fingerprint density at radius 2 is 2.27 bits per heavy atom. The van der Waals surface area contributed by atoms with E-state index in [4.69, 9.17) is 4.74 Å². The third-order valence-corrected chi connectivity index (χ3v) is 2.93. The van der Waals surface area contributed by atoms with Crippen LogP contribution in [0.3, 0.4) is 0 Å². The van der Waals surface area contributed by atoms with Gasteiger partial charge in [0.05, 0.1) is 12.1 Å². The summed E-state index contributed by atoms with van der Waals surface area (Å²) in [6, 6.07) is 4.16. The van der Waals surface area contributed by atoms with Crippen LogP contribution in [0.5, 0.6) is 0 Å². The highest BCUT2D eigenvalue weighted by atomic mass is 79.9. The molecule has 2 heterocycles. The lowest BCUT2D eigenvalue weighted by Gasteiger charge is -2.01. The number of halogens is 1. The summed E-state index contributed by atoms with van der Waals surface area (Å²) in [4.78, 5) is 4.47. The van der Waals surface area contributed by atoms with Crippen LogP contribution in [0.2, 0.25) is 0 Å². The van der Waals surface area contributed by atoms with E-state index in [0.717, 1.165) is 22.4 Å². The zero-order valence-electron chi connectivity index (χ0n) is 8.83. The van der Waals surface area contributed by atoms with E-state index < -0.39 is 0 Å². The van der Waals surface area contributed by atoms with Gasteiger partial charge in [-0.05, 0) is 34.5 Å². The van der Waals surface area contributed by atoms with Gasteiger partial charge in [0.25, 0.3) is 0 Å². The Hall–Kier alpha value is -0.870. The number of fused-ring (bicyclic) bond motifs is 1. The van der Waals surface area contributed by atoms with Gasteiger partial charge < -0.3 is 9.14 Å². The van der Waals surface area contributed by atoms with Crippen LogP contribution in [-0.4, -0.2) is 23.1 Å². The SMILES string of the molecule is COCCc1nc(Br)c2ccc(C)cn12. The minimum Gasteiger partial charge on any atom is -0.384 e. The number of methoxy groups -OCH3 is 1. The first-order valence-electron chi connectivity index (χ1n) is 4.84. The highest BCUT2D eigenvalue weighted by Crippen LogP contribution is 2.19. The summed E-state index contributed by atoms with van der Waals surface area (Å²) in [6.45, 7) is 2.77. The second-order valence-electron chi connectivity index (χ2n) is 3.52. The van der Waals surface area contributed by atoms with Crippen molar-refractivity contribution in [3.8, 4) is 0 Å². The molecule has 0 bridgehead atoms. The fourth-order valence-corrected chi connectivity index (χ4v) is 2.11. The molecule has 4 heteroatoms. The third kappa shape index (κ3) is 2.06. The molecular weight excluding hydrogens is 256 g/mol. The van der Waals surface area contributed by atoms with E-state index in [1.807, 2.05) is 0 Å². The topological polar surface area (TPSA) is 26.5 Å². The van der Waals surface area contributed by atoms with Crippen molar-refractivity contribution < 1.29 is 4.74 Å². The Labute approximate surface area is 97.2 Å². The average Bonchev–Trinajstić information content (AvgIpc) is 2.52. The Kier molecular flexibility index (Phi) is 3.07. The van der Waals surface area contributed by atoms with Crippen molar-refractivity contribution in [1.82, 2.24) is 9.38 Å². The zero-order valence-corrected chi connectivity index (χ0v) is 10.4. The Balaban J connectivity index is 2.49. The molecule has 0 aliphatic carbocycles. The summed E-state index contributed by atoms with van der Waals surface area (Å²) in [6.07, 6.45) is 2.92. The number of ether oxygens (including phenoxy) is 1. The number of rotatable bonds is 3. The van der Waals surface area contributed by atoms with Crippen molar-refractivity contribution in [3.05, 3.63) is 34.3 Å². The maximum Gasteiger partial charge on any atom is 0.132 e. The summed E-state index contributed by atoms with van der Waals surface area (Å²) in [5, 5.41) is 0. The molecule has 0 fully saturated rings. The molecular formula is C11H13BrN2O. The van der Waals surface area contributed by atoms with Crippen molar-refractivity contribution in [2.75, 3.05) is 13.7 Å². The van der Waals surface area contributed by atoms with Crippen LogP contribution in [0.4, 0.5) is 0 Å². The number of aromatic nitrogens is 2. The average molecular weight is 269 g/mol. The van der Waals surface area contributed by atoms with Gasteiger partial charge in [-0.3, -0.25) is 0 Å². The molecule has 0 saturated carbocycles. The highest BCUT2D eigenvalue weighted by molar-refractivity contribution is 9.10. The van der Waals surface area contributed by atoms with Gasteiger partial charge in [0, 0.05) is 19.7 Å². The zero-order chi connectivity index (χ0) is 10.8. The fourth-order valence-electron chi connectivity index (χ4n) is 1.58. The van der Waals surface area contributed by atoms with E-state index in [1.54, 1.807) is 7.11 Å². The van der Waals surface area contributed by atoms with Crippen LogP contribution in [-0.2, 0) is 11.2 Å². The maximum atomic E-state index is 5.07. The summed E-state index contributed by atoms with van der Waals surface area (Å²) in [5.41, 5.74) is 2.33. The lowest BCUT2D eigenvalue weighted by atomic mass is 10.3. The third-order valence-electron chi connectivity index (χ3n) is 2.34. The number of aryl methyl sites for hydroxylation is 1. The molecule has 0 spiro atoms. The summed E-state index contributed by atoms with van der Waals surface area (Å²) >= 11 is 3.46. The van der Waals surface area contributed by atoms with Gasteiger partial charge >= 0.3 is 0 Å². The molecule has 0 aliphatic rings. The number of pyridine rings is 1. The largest absolute Gasteiger partial charge is 0.384 e. The molecule has 0 radical (unpaired) electrons. The lowest BCUT2D eigenvalue weighted by molar-refractivity contribution is 0.200. The van der Waals surface area contributed by atoms with Crippen LogP contribution in [0.15, 0.2) is 22.9 Å². The molecule has 2 rings (SSSR count). The van der Waals surface area contributed by atoms with E-state index in [-0.39, 0.29) is 0 Å². The van der Waals surface area contributed by atoms with Gasteiger partial charge in [-0.15, -0.1) is 0 Å². The Morgan fingerprint density at radius 3 is 3.00 bits per heavy atom. The minimum absolute atomic E-state index is 0.694. The van der Waals surface area contributed by atoms with E-state index >= 15 is 0 Å². The minimum atomic E-state index is 0.694. The number of hydrogen-bond donors (Lipinski definition) is 0. The standard InChI is InChI=1S/C11H13BrN2O/c1-8-3-4-9-11(12)13-10(5-6-15-2)14(9)7-8/h3-4,7H,5-6H2,1-2H3. The Bertz CT molecular complexity index is 479. The van der Waals surface area contributed by atoms with E-state index in [2.05, 4.69) is 50.6 Å². The van der Waals surface area contributed by atoms with Crippen molar-refractivity contribution in [3.63, 3.8) is 0 Å². The molecule has 0 saturated heterocycles. The molecule has 2 aromatic heterocycles. The normalized spacial score (nSPS) is 11.1. The molecule has 0 aromatic carbocycles. The second-order valence-corrected chi connectivity index (χ2v) is 4.27. The van der Waals surface area contributed by atoms with Gasteiger partial charge in [0.15, 0.2) is 0 Å². The molecule has 80 valence electrons. The molecule has 2 aromatic rings. The highest BCUT2D eigenvalue weighted by Gasteiger charge is 2.08. The van der Waals surface area contributed by atoms with Gasteiger partial charge in [-0.2, -0.15) is 0 Å². The van der Waals surface area contributed by atoms with E-state index in [9.17, 15) is 0 Å². The molecule has 3 nitrogen and oxygen atoms in total. The first-order chi connectivity index (χ1) is 7.22. The Morgan fingerprint density at radius 1 is 1.47 bits per heavy atom. The number of imidazole rings is 1. The molecule has 15 heavy (non-hydrogen) atoms. The van der Waals surface area contributed by atoms with Crippen molar-refractivity contribution >= 4 is 21.4 Å². The second kappa shape index (κ2) is 4.33. The summed E-state index contributed by atoms with van der Waals surface area (Å²) in [5.74, 6) is 1.03. The molecule has 0 amide bonds. The molecule has 0 N–H and O–H groups in total. The molecule has 0 unspecified atom stereocenters. The smallest absolute Gasteiger partial charge is 0.132 e. The van der Waals surface area contributed by atoms with Gasteiger partial charge in [0.2, 0.25) is 0 Å². The summed E-state index contributed by atoms with van der Waals surface area (Å²) in [7, 11) is 1.70. The van der Waals surface area contributed by atoms with Crippen LogP contribution in [0, 0.1) is 6.92 Å². The van der Waals surface area contributed by atoms with Crippen molar-refractivity contribution in [2.45, 2.75) is 13.3 Å². The molecule has 0 atom stereocenters. The van der Waals surface area contributed by atoms with Gasteiger partial charge in [-0.25, -0.2) is 4.98 Å². The number of hydrogen-bond acceptors (Lipinski definition) is 2. The molecule has 0 aliphatic heterocycles. The van der Waals surface area contributed by atoms with Crippen molar-refractivity contribution in [2.24, 2.45) is 0 Å². The van der Waals surface area contributed by atoms with Gasteiger partial charge in [0.1, 0.15) is 10.4 Å². The number of nitrogens with zero attached hydrogens (tertiary/aromatic N) is 2. The monoisotopic (exact) mass is 268 g/mol. The summed E-state index contributed by atoms with van der Waals surface area (Å²) < 4.78 is 8.07. The van der Waals surface area contributed by atoms with Crippen LogP contribution >= 0.6 is 15.9 Å². The van der Waals surface area contributed by atoms with E-state index in [1.165, 1.54) is 5.56 Å². The predicted octanol–water partition coefficient (Wildman–Crippen LogP) is 2.59. The van der Waals surface area contributed by atoms with Crippen LogP contribution in [0.25, 0.3) is 5.52 Å². The fraction of sp³-hybridized carbons (Fsp3) is 0.364. The van der Waals surface area contributed by atoms with Gasteiger partial charge in [-0.1, -0.05) is 6.07 Å². The van der Waals surface area contributed by atoms with Crippen LogP contribution < -0.4 is 0 Å². The van der Waals surface area contributed by atoms with E-state index in [0.29, 0.717) is 6.61 Å². The maximum absolute atomic E-state index is 5.07.